The van der Waals surface area contributed by atoms with Crippen molar-refractivity contribution in [2.24, 2.45) is 5.92 Å². The molecule has 6 heteroatoms. The van der Waals surface area contributed by atoms with E-state index in [4.69, 9.17) is 0 Å². The number of thioether (sulfide) groups is 1. The first-order valence-corrected chi connectivity index (χ1v) is 8.42. The largest absolute Gasteiger partial charge is 0.337 e. The maximum Gasteiger partial charge on any atom is 0.231 e. The van der Waals surface area contributed by atoms with Crippen molar-refractivity contribution in [1.82, 2.24) is 15.3 Å². The van der Waals surface area contributed by atoms with Crippen LogP contribution in [0.15, 0.2) is 29.3 Å². The number of hydrogen-bond donors (Lipinski definition) is 1. The van der Waals surface area contributed by atoms with E-state index < -0.39 is 5.54 Å². The molecule has 1 N–H and O–H groups in total. The number of nitrogens with one attached hydrogen (secondary N) is 1. The van der Waals surface area contributed by atoms with Crippen LogP contribution >= 0.6 is 11.8 Å². The van der Waals surface area contributed by atoms with Gasteiger partial charge in [-0.25, -0.2) is 9.97 Å². The number of para-hydroxylation sites is 2. The van der Waals surface area contributed by atoms with Crippen molar-refractivity contribution in [2.75, 3.05) is 5.75 Å². The lowest BCUT2D eigenvalue weighted by molar-refractivity contribution is -0.120. The van der Waals surface area contributed by atoms with Gasteiger partial charge in [0.1, 0.15) is 10.6 Å². The number of nitrogens with zero attached hydrogens (tertiary/aromatic N) is 3. The first-order chi connectivity index (χ1) is 10.9. The van der Waals surface area contributed by atoms with Crippen LogP contribution in [0.25, 0.3) is 11.0 Å². The predicted octanol–water partition coefficient (Wildman–Crippen LogP) is 3.08. The minimum atomic E-state index is -0.859. The van der Waals surface area contributed by atoms with Gasteiger partial charge in [0.25, 0.3) is 0 Å². The van der Waals surface area contributed by atoms with Gasteiger partial charge in [0, 0.05) is 0 Å². The monoisotopic (exact) mass is 328 g/mol. The summed E-state index contributed by atoms with van der Waals surface area (Å²) in [5.74, 6) is 0.0588. The van der Waals surface area contributed by atoms with Crippen molar-refractivity contribution in [3.05, 3.63) is 30.0 Å². The normalized spacial score (nSPS) is 13.6. The Balaban J connectivity index is 2.08. The number of nitriles is 1. The van der Waals surface area contributed by atoms with Crippen LogP contribution in [0, 0.1) is 24.2 Å². The van der Waals surface area contributed by atoms with Gasteiger partial charge < -0.3 is 5.32 Å². The van der Waals surface area contributed by atoms with E-state index in [-0.39, 0.29) is 17.6 Å². The highest BCUT2D eigenvalue weighted by Crippen LogP contribution is 2.22. The first kappa shape index (κ1) is 17.2. The Morgan fingerprint density at radius 1 is 1.35 bits per heavy atom. The molecule has 0 unspecified atom stereocenters. The molecule has 120 valence electrons. The van der Waals surface area contributed by atoms with E-state index in [9.17, 15) is 10.1 Å². The zero-order valence-electron chi connectivity index (χ0n) is 13.8. The van der Waals surface area contributed by atoms with Crippen LogP contribution in [0.4, 0.5) is 0 Å². The number of amides is 1. The fourth-order valence-corrected chi connectivity index (χ4v) is 2.73. The molecular weight excluding hydrogens is 308 g/mol. The highest BCUT2D eigenvalue weighted by Gasteiger charge is 2.29. The number of carbonyl (C=O) groups is 1. The SMILES string of the molecule is Cc1nc2ccccc2nc1SCC(=O)N[C@](C)(C#N)C(C)C. The minimum absolute atomic E-state index is 0.0312. The van der Waals surface area contributed by atoms with Crippen LogP contribution in [0.5, 0.6) is 0 Å². The molecule has 0 aliphatic heterocycles. The number of benzene rings is 1. The van der Waals surface area contributed by atoms with Gasteiger partial charge in [0.2, 0.25) is 5.91 Å². The van der Waals surface area contributed by atoms with Gasteiger partial charge in [0.15, 0.2) is 0 Å². The third-order valence-electron chi connectivity index (χ3n) is 3.83. The summed E-state index contributed by atoms with van der Waals surface area (Å²) in [4.78, 5) is 21.2. The Bertz CT molecular complexity index is 769. The van der Waals surface area contributed by atoms with Crippen molar-refractivity contribution in [1.29, 1.82) is 5.26 Å². The van der Waals surface area contributed by atoms with Gasteiger partial charge in [-0.1, -0.05) is 37.7 Å². The van der Waals surface area contributed by atoms with E-state index in [1.54, 1.807) is 6.92 Å². The number of aromatic nitrogens is 2. The molecule has 1 aromatic carbocycles. The fraction of sp³-hybridized carbons (Fsp3) is 0.412. The molecule has 1 atom stereocenters. The Labute approximate surface area is 140 Å². The van der Waals surface area contributed by atoms with Crippen LogP contribution in [-0.2, 0) is 4.79 Å². The first-order valence-electron chi connectivity index (χ1n) is 7.44. The number of hydrogen-bond acceptors (Lipinski definition) is 5. The van der Waals surface area contributed by atoms with Crippen molar-refractivity contribution in [3.8, 4) is 6.07 Å². The average Bonchev–Trinajstić information content (AvgIpc) is 2.52. The van der Waals surface area contributed by atoms with E-state index in [0.29, 0.717) is 0 Å². The van der Waals surface area contributed by atoms with E-state index in [0.717, 1.165) is 21.8 Å². The highest BCUT2D eigenvalue weighted by molar-refractivity contribution is 7.99. The van der Waals surface area contributed by atoms with Crippen LogP contribution in [0.2, 0.25) is 0 Å². The summed E-state index contributed by atoms with van der Waals surface area (Å²) in [6.45, 7) is 7.44. The number of aryl methyl sites for hydroxylation is 1. The highest BCUT2D eigenvalue weighted by atomic mass is 32.2. The standard InChI is InChI=1S/C17H20N4OS/c1-11(2)17(4,10-18)21-15(22)9-23-16-12(3)19-13-7-5-6-8-14(13)20-16/h5-8,11H,9H2,1-4H3,(H,21,22)/t17-/m1/s1. The van der Waals surface area contributed by atoms with Gasteiger partial charge in [0.05, 0.1) is 28.5 Å². The molecular formula is C17H20N4OS. The van der Waals surface area contributed by atoms with E-state index in [2.05, 4.69) is 21.4 Å². The molecule has 0 aliphatic carbocycles. The van der Waals surface area contributed by atoms with Gasteiger partial charge >= 0.3 is 0 Å². The van der Waals surface area contributed by atoms with Crippen molar-refractivity contribution >= 4 is 28.7 Å². The molecule has 0 radical (unpaired) electrons. The molecule has 0 fully saturated rings. The summed E-state index contributed by atoms with van der Waals surface area (Å²) in [6.07, 6.45) is 0. The lowest BCUT2D eigenvalue weighted by Crippen LogP contribution is -2.49. The molecule has 1 amide bonds. The molecule has 5 nitrogen and oxygen atoms in total. The fourth-order valence-electron chi connectivity index (χ4n) is 1.97. The predicted molar refractivity (Wildman–Crippen MR) is 92.0 cm³/mol. The second-order valence-electron chi connectivity index (χ2n) is 5.91. The summed E-state index contributed by atoms with van der Waals surface area (Å²) < 4.78 is 0. The summed E-state index contributed by atoms with van der Waals surface area (Å²) in [5.41, 5.74) is 1.59. The van der Waals surface area contributed by atoms with Gasteiger partial charge in [-0.2, -0.15) is 5.26 Å². The quantitative estimate of drug-likeness (QED) is 0.853. The Kier molecular flexibility index (Phi) is 5.22. The molecule has 1 aromatic heterocycles. The number of carbonyl (C=O) groups excluding carboxylic acids is 1. The van der Waals surface area contributed by atoms with Crippen molar-refractivity contribution in [2.45, 2.75) is 38.3 Å². The molecule has 0 bridgehead atoms. The second-order valence-corrected chi connectivity index (χ2v) is 6.87. The third kappa shape index (κ3) is 3.99. The van der Waals surface area contributed by atoms with Crippen LogP contribution < -0.4 is 5.32 Å². The summed E-state index contributed by atoms with van der Waals surface area (Å²) in [7, 11) is 0. The van der Waals surface area contributed by atoms with Crippen LogP contribution in [0.3, 0.4) is 0 Å². The Hall–Kier alpha value is -2.13. The Morgan fingerprint density at radius 2 is 1.96 bits per heavy atom. The molecule has 0 aliphatic rings. The molecule has 1 heterocycles. The maximum atomic E-state index is 12.1. The Morgan fingerprint density at radius 3 is 2.52 bits per heavy atom. The van der Waals surface area contributed by atoms with E-state index >= 15 is 0 Å². The molecule has 0 saturated heterocycles. The summed E-state index contributed by atoms with van der Waals surface area (Å²) >= 11 is 1.34. The number of fused-ring (bicyclic) bond motifs is 1. The van der Waals surface area contributed by atoms with E-state index in [1.807, 2.05) is 45.0 Å². The molecule has 0 saturated carbocycles. The topological polar surface area (TPSA) is 78.7 Å². The van der Waals surface area contributed by atoms with Crippen molar-refractivity contribution < 1.29 is 4.79 Å². The van der Waals surface area contributed by atoms with Crippen molar-refractivity contribution in [3.63, 3.8) is 0 Å². The lowest BCUT2D eigenvalue weighted by atomic mass is 9.90. The minimum Gasteiger partial charge on any atom is -0.337 e. The van der Waals surface area contributed by atoms with Gasteiger partial charge in [-0.05, 0) is 31.9 Å². The van der Waals surface area contributed by atoms with Crippen LogP contribution in [-0.4, -0.2) is 27.2 Å². The zero-order chi connectivity index (χ0) is 17.0. The van der Waals surface area contributed by atoms with E-state index in [1.165, 1.54) is 11.8 Å². The molecule has 2 aromatic rings. The third-order valence-corrected chi connectivity index (χ3v) is 4.89. The average molecular weight is 328 g/mol. The second kappa shape index (κ2) is 6.97. The summed E-state index contributed by atoms with van der Waals surface area (Å²) in [6, 6.07) is 9.82. The molecule has 2 rings (SSSR count). The van der Waals surface area contributed by atoms with Gasteiger partial charge in [-0.3, -0.25) is 4.79 Å². The van der Waals surface area contributed by atoms with Gasteiger partial charge in [-0.15, -0.1) is 0 Å². The zero-order valence-corrected chi connectivity index (χ0v) is 14.6. The number of rotatable bonds is 5. The molecule has 0 spiro atoms. The lowest BCUT2D eigenvalue weighted by Gasteiger charge is -2.27. The molecule has 23 heavy (non-hydrogen) atoms. The van der Waals surface area contributed by atoms with Crippen LogP contribution in [0.1, 0.15) is 26.5 Å². The smallest absolute Gasteiger partial charge is 0.231 e. The maximum absolute atomic E-state index is 12.1. The summed E-state index contributed by atoms with van der Waals surface area (Å²) in [5, 5.41) is 12.8.